The van der Waals surface area contributed by atoms with Gasteiger partial charge in [0.25, 0.3) is 5.91 Å². The Labute approximate surface area is 95.5 Å². The summed E-state index contributed by atoms with van der Waals surface area (Å²) in [5, 5.41) is 0.388. The predicted octanol–water partition coefficient (Wildman–Crippen LogP) is 2.70. The van der Waals surface area contributed by atoms with Gasteiger partial charge in [0.05, 0.1) is 17.7 Å². The summed E-state index contributed by atoms with van der Waals surface area (Å²) < 4.78 is 0.725. The second kappa shape index (κ2) is 4.77. The molecule has 0 spiro atoms. The zero-order valence-electron chi connectivity index (χ0n) is 7.73. The number of amides is 1. The maximum atomic E-state index is 11.4. The van der Waals surface area contributed by atoms with Crippen molar-refractivity contribution in [2.24, 2.45) is 0 Å². The highest BCUT2D eigenvalue weighted by atomic mass is 79.9. The van der Waals surface area contributed by atoms with E-state index < -0.39 is 0 Å². The van der Waals surface area contributed by atoms with Crippen molar-refractivity contribution in [1.29, 1.82) is 0 Å². The summed E-state index contributed by atoms with van der Waals surface area (Å²) in [5.74, 6) is -0.363. The van der Waals surface area contributed by atoms with E-state index in [1.165, 1.54) is 7.11 Å². The molecule has 0 saturated carbocycles. The van der Waals surface area contributed by atoms with E-state index in [-0.39, 0.29) is 5.91 Å². The number of benzene rings is 1. The monoisotopic (exact) mass is 277 g/mol. The SMILES string of the molecule is CONC(=O)c1ccc(C)c(Br)c1Cl. The average molecular weight is 279 g/mol. The third kappa shape index (κ3) is 2.26. The van der Waals surface area contributed by atoms with E-state index in [0.717, 1.165) is 10.0 Å². The zero-order valence-corrected chi connectivity index (χ0v) is 10.1. The van der Waals surface area contributed by atoms with Gasteiger partial charge in [-0.15, -0.1) is 0 Å². The van der Waals surface area contributed by atoms with Crippen LogP contribution in [-0.4, -0.2) is 13.0 Å². The largest absolute Gasteiger partial charge is 0.277 e. The van der Waals surface area contributed by atoms with Gasteiger partial charge in [-0.2, -0.15) is 0 Å². The number of hydroxylamine groups is 1. The van der Waals surface area contributed by atoms with Crippen LogP contribution in [0.1, 0.15) is 15.9 Å². The number of aryl methyl sites for hydroxylation is 1. The van der Waals surface area contributed by atoms with Crippen LogP contribution in [0.25, 0.3) is 0 Å². The molecular formula is C9H9BrClNO2. The molecule has 0 fully saturated rings. The van der Waals surface area contributed by atoms with Crippen LogP contribution < -0.4 is 5.48 Å². The first kappa shape index (κ1) is 11.5. The highest BCUT2D eigenvalue weighted by Gasteiger charge is 2.13. The van der Waals surface area contributed by atoms with Gasteiger partial charge in [0.15, 0.2) is 0 Å². The van der Waals surface area contributed by atoms with Crippen LogP contribution in [0, 0.1) is 6.92 Å². The summed E-state index contributed by atoms with van der Waals surface area (Å²) >= 11 is 9.26. The number of nitrogens with one attached hydrogen (secondary N) is 1. The first-order valence-electron chi connectivity index (χ1n) is 3.86. The lowest BCUT2D eigenvalue weighted by Crippen LogP contribution is -2.22. The van der Waals surface area contributed by atoms with E-state index >= 15 is 0 Å². The number of carbonyl (C=O) groups is 1. The molecule has 76 valence electrons. The molecule has 0 aliphatic carbocycles. The van der Waals surface area contributed by atoms with Crippen molar-refractivity contribution in [2.75, 3.05) is 7.11 Å². The molecule has 0 radical (unpaired) electrons. The highest BCUT2D eigenvalue weighted by Crippen LogP contribution is 2.29. The molecule has 0 unspecified atom stereocenters. The number of carbonyl (C=O) groups excluding carboxylic acids is 1. The molecule has 0 atom stereocenters. The highest BCUT2D eigenvalue weighted by molar-refractivity contribution is 9.10. The van der Waals surface area contributed by atoms with Crippen LogP contribution in [0.15, 0.2) is 16.6 Å². The minimum absolute atomic E-state index is 0.363. The van der Waals surface area contributed by atoms with Gasteiger partial charge < -0.3 is 0 Å². The maximum absolute atomic E-state index is 11.4. The maximum Gasteiger partial charge on any atom is 0.276 e. The van der Waals surface area contributed by atoms with E-state index in [4.69, 9.17) is 11.6 Å². The van der Waals surface area contributed by atoms with E-state index in [0.29, 0.717) is 10.6 Å². The second-order valence-electron chi connectivity index (χ2n) is 2.69. The zero-order chi connectivity index (χ0) is 10.7. The summed E-state index contributed by atoms with van der Waals surface area (Å²) in [6, 6.07) is 3.46. The number of halogens is 2. The van der Waals surface area contributed by atoms with Crippen LogP contribution in [0.2, 0.25) is 5.02 Å². The van der Waals surface area contributed by atoms with Crippen molar-refractivity contribution >= 4 is 33.4 Å². The molecule has 0 heterocycles. The molecule has 0 aliphatic heterocycles. The van der Waals surface area contributed by atoms with Crippen LogP contribution in [0.4, 0.5) is 0 Å². The molecule has 1 rings (SSSR count). The molecule has 1 aromatic rings. The minimum Gasteiger partial charge on any atom is -0.277 e. The molecule has 1 aromatic carbocycles. The summed E-state index contributed by atoms with van der Waals surface area (Å²) in [7, 11) is 1.37. The van der Waals surface area contributed by atoms with Crippen LogP contribution >= 0.6 is 27.5 Å². The Hall–Kier alpha value is -0.580. The van der Waals surface area contributed by atoms with E-state index in [9.17, 15) is 4.79 Å². The fourth-order valence-corrected chi connectivity index (χ4v) is 1.61. The molecule has 0 aromatic heterocycles. The Morgan fingerprint density at radius 2 is 2.21 bits per heavy atom. The molecule has 3 nitrogen and oxygen atoms in total. The standard InChI is InChI=1S/C9H9BrClNO2/c1-5-3-4-6(8(11)7(5)10)9(13)12-14-2/h3-4H,1-2H3,(H,12,13). The van der Waals surface area contributed by atoms with Crippen molar-refractivity contribution < 1.29 is 9.63 Å². The van der Waals surface area contributed by atoms with Gasteiger partial charge in [0, 0.05) is 4.47 Å². The van der Waals surface area contributed by atoms with Crippen molar-refractivity contribution in [2.45, 2.75) is 6.92 Å². The molecule has 1 N–H and O–H groups in total. The topological polar surface area (TPSA) is 38.3 Å². The Morgan fingerprint density at radius 3 is 2.79 bits per heavy atom. The Balaban J connectivity index is 3.11. The first-order valence-corrected chi connectivity index (χ1v) is 5.03. The summed E-state index contributed by atoms with van der Waals surface area (Å²) in [6.07, 6.45) is 0. The van der Waals surface area contributed by atoms with Gasteiger partial charge >= 0.3 is 0 Å². The van der Waals surface area contributed by atoms with Gasteiger partial charge in [-0.05, 0) is 34.5 Å². The van der Waals surface area contributed by atoms with Gasteiger partial charge in [0.1, 0.15) is 0 Å². The molecule has 0 aliphatic rings. The van der Waals surface area contributed by atoms with Gasteiger partial charge in [-0.1, -0.05) is 17.7 Å². The summed E-state index contributed by atoms with van der Waals surface area (Å²) in [5.41, 5.74) is 3.56. The Morgan fingerprint density at radius 1 is 1.57 bits per heavy atom. The van der Waals surface area contributed by atoms with Crippen LogP contribution in [0.5, 0.6) is 0 Å². The fraction of sp³-hybridized carbons (Fsp3) is 0.222. The quantitative estimate of drug-likeness (QED) is 0.845. The molecule has 5 heteroatoms. The average Bonchev–Trinajstić information content (AvgIpc) is 2.15. The molecule has 14 heavy (non-hydrogen) atoms. The summed E-state index contributed by atoms with van der Waals surface area (Å²) in [4.78, 5) is 15.9. The van der Waals surface area contributed by atoms with E-state index in [1.54, 1.807) is 12.1 Å². The molecule has 1 amide bonds. The molecular weight excluding hydrogens is 269 g/mol. The number of hydrogen-bond donors (Lipinski definition) is 1. The fourth-order valence-electron chi connectivity index (χ4n) is 0.969. The lowest BCUT2D eigenvalue weighted by Gasteiger charge is -2.07. The lowest BCUT2D eigenvalue weighted by atomic mass is 10.1. The second-order valence-corrected chi connectivity index (χ2v) is 3.86. The molecule has 0 saturated heterocycles. The Bertz CT molecular complexity index is 368. The van der Waals surface area contributed by atoms with Crippen molar-refractivity contribution in [3.8, 4) is 0 Å². The Kier molecular flexibility index (Phi) is 3.92. The first-order chi connectivity index (χ1) is 6.57. The van der Waals surface area contributed by atoms with Crippen molar-refractivity contribution in [3.63, 3.8) is 0 Å². The van der Waals surface area contributed by atoms with Gasteiger partial charge in [0.2, 0.25) is 0 Å². The van der Waals surface area contributed by atoms with Gasteiger partial charge in [-0.25, -0.2) is 5.48 Å². The normalized spacial score (nSPS) is 10.0. The summed E-state index contributed by atoms with van der Waals surface area (Å²) in [6.45, 7) is 1.90. The van der Waals surface area contributed by atoms with E-state index in [1.807, 2.05) is 6.92 Å². The smallest absolute Gasteiger partial charge is 0.276 e. The van der Waals surface area contributed by atoms with Crippen LogP contribution in [0.3, 0.4) is 0 Å². The third-order valence-corrected chi connectivity index (χ3v) is 3.36. The third-order valence-electron chi connectivity index (χ3n) is 1.71. The van der Waals surface area contributed by atoms with Gasteiger partial charge in [-0.3, -0.25) is 9.63 Å². The molecule has 0 bridgehead atoms. The van der Waals surface area contributed by atoms with Crippen molar-refractivity contribution in [3.05, 3.63) is 32.8 Å². The van der Waals surface area contributed by atoms with Crippen molar-refractivity contribution in [1.82, 2.24) is 5.48 Å². The van der Waals surface area contributed by atoms with Crippen LogP contribution in [-0.2, 0) is 4.84 Å². The minimum atomic E-state index is -0.363. The van der Waals surface area contributed by atoms with E-state index in [2.05, 4.69) is 26.2 Å². The number of rotatable bonds is 2. The lowest BCUT2D eigenvalue weighted by molar-refractivity contribution is 0.0538. The predicted molar refractivity (Wildman–Crippen MR) is 58.4 cm³/mol. The number of hydrogen-bond acceptors (Lipinski definition) is 2.